The normalized spacial score (nSPS) is 23.4. The minimum absolute atomic E-state index is 0.120. The lowest BCUT2D eigenvalue weighted by atomic mass is 10.2. The Kier molecular flexibility index (Phi) is 2.81. The summed E-state index contributed by atoms with van der Waals surface area (Å²) in [4.78, 5) is 16.6. The van der Waals surface area contributed by atoms with Crippen LogP contribution in [0.1, 0.15) is 34.1 Å². The van der Waals surface area contributed by atoms with Crippen molar-refractivity contribution in [3.05, 3.63) is 0 Å². The smallest absolute Gasteiger partial charge is 0.434 e. The van der Waals surface area contributed by atoms with Gasteiger partial charge in [-0.05, 0) is 34.1 Å². The average Bonchev–Trinajstić information content (AvgIpc) is 2.30. The van der Waals surface area contributed by atoms with Gasteiger partial charge in [0.2, 0.25) is 0 Å². The predicted molar refractivity (Wildman–Crippen MR) is 48.1 cm³/mol. The van der Waals surface area contributed by atoms with E-state index in [-0.39, 0.29) is 6.04 Å². The third kappa shape index (κ3) is 2.88. The second-order valence-corrected chi connectivity index (χ2v) is 4.28. The lowest BCUT2D eigenvalue weighted by molar-refractivity contribution is -0.121. The molecule has 1 atom stereocenters. The zero-order chi connectivity index (χ0) is 10.1. The van der Waals surface area contributed by atoms with Gasteiger partial charge < -0.3 is 4.74 Å². The van der Waals surface area contributed by atoms with E-state index in [4.69, 9.17) is 9.57 Å². The highest BCUT2D eigenvalue weighted by Crippen LogP contribution is 2.18. The van der Waals surface area contributed by atoms with Crippen LogP contribution in [0.5, 0.6) is 0 Å². The maximum absolute atomic E-state index is 11.5. The van der Waals surface area contributed by atoms with E-state index in [0.717, 1.165) is 6.42 Å². The van der Waals surface area contributed by atoms with Gasteiger partial charge in [-0.1, -0.05) is 0 Å². The first kappa shape index (κ1) is 10.3. The molecule has 0 bridgehead atoms. The number of hydrogen-bond acceptors (Lipinski definition) is 3. The molecule has 0 aromatic carbocycles. The monoisotopic (exact) mass is 187 g/mol. The summed E-state index contributed by atoms with van der Waals surface area (Å²) >= 11 is 0. The minimum Gasteiger partial charge on any atom is -0.442 e. The van der Waals surface area contributed by atoms with Crippen molar-refractivity contribution in [3.63, 3.8) is 0 Å². The second-order valence-electron chi connectivity index (χ2n) is 4.28. The summed E-state index contributed by atoms with van der Waals surface area (Å²) in [5.74, 6) is 0. The van der Waals surface area contributed by atoms with Gasteiger partial charge in [-0.25, -0.2) is 4.79 Å². The lowest BCUT2D eigenvalue weighted by Crippen LogP contribution is -2.37. The van der Waals surface area contributed by atoms with Gasteiger partial charge in [0, 0.05) is 0 Å². The van der Waals surface area contributed by atoms with Crippen molar-refractivity contribution >= 4 is 6.09 Å². The zero-order valence-corrected chi connectivity index (χ0v) is 8.66. The van der Waals surface area contributed by atoms with Crippen LogP contribution >= 0.6 is 0 Å². The van der Waals surface area contributed by atoms with Crippen molar-refractivity contribution in [2.75, 3.05) is 6.61 Å². The van der Waals surface area contributed by atoms with Crippen LogP contribution in [0.25, 0.3) is 0 Å². The van der Waals surface area contributed by atoms with Crippen molar-refractivity contribution in [1.29, 1.82) is 0 Å². The number of hydroxylamine groups is 2. The summed E-state index contributed by atoms with van der Waals surface area (Å²) in [7, 11) is 0. The molecule has 0 radical (unpaired) electrons. The molecule has 0 saturated carbocycles. The second kappa shape index (κ2) is 3.54. The Bertz CT molecular complexity index is 198. The molecule has 0 aliphatic carbocycles. The van der Waals surface area contributed by atoms with E-state index in [1.165, 1.54) is 5.06 Å². The van der Waals surface area contributed by atoms with Gasteiger partial charge in [-0.15, -0.1) is 0 Å². The molecular weight excluding hydrogens is 170 g/mol. The Morgan fingerprint density at radius 3 is 2.54 bits per heavy atom. The summed E-state index contributed by atoms with van der Waals surface area (Å²) < 4.78 is 5.15. The predicted octanol–water partition coefficient (Wildman–Crippen LogP) is 1.95. The number of carbonyl (C=O) groups is 1. The summed E-state index contributed by atoms with van der Waals surface area (Å²) in [5, 5.41) is 1.31. The van der Waals surface area contributed by atoms with Crippen LogP contribution in [0, 0.1) is 0 Å². The fourth-order valence-corrected chi connectivity index (χ4v) is 1.11. The van der Waals surface area contributed by atoms with Crippen molar-refractivity contribution in [1.82, 2.24) is 5.06 Å². The third-order valence-corrected chi connectivity index (χ3v) is 1.74. The molecule has 1 unspecified atom stereocenters. The first-order valence-corrected chi connectivity index (χ1v) is 4.55. The molecule has 1 rings (SSSR count). The summed E-state index contributed by atoms with van der Waals surface area (Å²) in [5.41, 5.74) is -0.456. The van der Waals surface area contributed by atoms with E-state index in [1.807, 2.05) is 27.7 Å². The van der Waals surface area contributed by atoms with Crippen molar-refractivity contribution < 1.29 is 14.4 Å². The van der Waals surface area contributed by atoms with E-state index in [9.17, 15) is 4.79 Å². The van der Waals surface area contributed by atoms with Gasteiger partial charge >= 0.3 is 6.09 Å². The zero-order valence-electron chi connectivity index (χ0n) is 8.66. The molecular formula is C9H17NO3. The summed E-state index contributed by atoms with van der Waals surface area (Å²) in [6, 6.07) is 0.120. The molecule has 0 aromatic rings. The number of nitrogens with zero attached hydrogens (tertiary/aromatic N) is 1. The Hall–Kier alpha value is -0.770. The molecule has 0 N–H and O–H groups in total. The highest BCUT2D eigenvalue weighted by Gasteiger charge is 2.30. The summed E-state index contributed by atoms with van der Waals surface area (Å²) in [6.45, 7) is 8.06. The van der Waals surface area contributed by atoms with Gasteiger partial charge in [0.25, 0.3) is 0 Å². The highest BCUT2D eigenvalue weighted by atomic mass is 16.7. The third-order valence-electron chi connectivity index (χ3n) is 1.74. The maximum Gasteiger partial charge on any atom is 0.434 e. The van der Waals surface area contributed by atoms with Crippen LogP contribution in [0.4, 0.5) is 4.79 Å². The number of amides is 1. The quantitative estimate of drug-likeness (QED) is 0.581. The summed E-state index contributed by atoms with van der Waals surface area (Å²) in [6.07, 6.45) is 0.483. The van der Waals surface area contributed by atoms with E-state index < -0.39 is 11.7 Å². The fourth-order valence-electron chi connectivity index (χ4n) is 1.11. The van der Waals surface area contributed by atoms with Crippen LogP contribution in [-0.2, 0) is 9.57 Å². The molecule has 1 amide bonds. The van der Waals surface area contributed by atoms with Crippen molar-refractivity contribution in [2.45, 2.75) is 45.8 Å². The SMILES string of the molecule is CC1CCON1C(=O)OC(C)(C)C. The Morgan fingerprint density at radius 1 is 1.54 bits per heavy atom. The molecule has 1 fully saturated rings. The van der Waals surface area contributed by atoms with Crippen LogP contribution < -0.4 is 0 Å². The number of ether oxygens (including phenoxy) is 1. The molecule has 13 heavy (non-hydrogen) atoms. The average molecular weight is 187 g/mol. The lowest BCUT2D eigenvalue weighted by Gasteiger charge is -2.25. The first-order valence-electron chi connectivity index (χ1n) is 4.55. The molecule has 1 saturated heterocycles. The molecule has 1 aliphatic rings. The molecule has 0 aromatic heterocycles. The van der Waals surface area contributed by atoms with E-state index in [2.05, 4.69) is 0 Å². The van der Waals surface area contributed by atoms with Crippen molar-refractivity contribution in [3.8, 4) is 0 Å². The Morgan fingerprint density at radius 2 is 2.15 bits per heavy atom. The Balaban J connectivity index is 2.48. The standard InChI is InChI=1S/C9H17NO3/c1-7-5-6-12-10(7)8(11)13-9(2,3)4/h7H,5-6H2,1-4H3. The van der Waals surface area contributed by atoms with Crippen LogP contribution in [0.2, 0.25) is 0 Å². The molecule has 0 spiro atoms. The van der Waals surface area contributed by atoms with E-state index in [1.54, 1.807) is 0 Å². The van der Waals surface area contributed by atoms with Gasteiger partial charge in [0.15, 0.2) is 0 Å². The fraction of sp³-hybridized carbons (Fsp3) is 0.889. The van der Waals surface area contributed by atoms with Crippen LogP contribution in [0.15, 0.2) is 0 Å². The van der Waals surface area contributed by atoms with Gasteiger partial charge in [-0.3, -0.25) is 4.84 Å². The van der Waals surface area contributed by atoms with Crippen molar-refractivity contribution in [2.24, 2.45) is 0 Å². The van der Waals surface area contributed by atoms with E-state index >= 15 is 0 Å². The molecule has 76 valence electrons. The van der Waals surface area contributed by atoms with Crippen LogP contribution in [-0.4, -0.2) is 29.4 Å². The van der Waals surface area contributed by atoms with Gasteiger partial charge in [0.1, 0.15) is 5.60 Å². The number of hydrogen-bond donors (Lipinski definition) is 0. The number of rotatable bonds is 0. The molecule has 1 aliphatic heterocycles. The van der Waals surface area contributed by atoms with Crippen LogP contribution in [0.3, 0.4) is 0 Å². The number of carbonyl (C=O) groups excluding carboxylic acids is 1. The van der Waals surface area contributed by atoms with Gasteiger partial charge in [-0.2, -0.15) is 5.06 Å². The molecule has 1 heterocycles. The molecule has 4 heteroatoms. The highest BCUT2D eigenvalue weighted by molar-refractivity contribution is 5.67. The van der Waals surface area contributed by atoms with E-state index in [0.29, 0.717) is 6.61 Å². The minimum atomic E-state index is -0.456. The largest absolute Gasteiger partial charge is 0.442 e. The Labute approximate surface area is 78.8 Å². The first-order chi connectivity index (χ1) is 5.90. The molecule has 4 nitrogen and oxygen atoms in total. The maximum atomic E-state index is 11.5. The van der Waals surface area contributed by atoms with Gasteiger partial charge in [0.05, 0.1) is 12.6 Å². The topological polar surface area (TPSA) is 38.8 Å².